The van der Waals surface area contributed by atoms with Crippen LogP contribution in [-0.4, -0.2) is 40.0 Å². The molecule has 0 radical (unpaired) electrons. The zero-order valence-electron chi connectivity index (χ0n) is 13.2. The molecule has 3 heteroatoms. The molecule has 0 amide bonds. The van der Waals surface area contributed by atoms with Crippen molar-refractivity contribution in [1.82, 2.24) is 5.32 Å². The Bertz CT molecular complexity index is 187. The van der Waals surface area contributed by atoms with Gasteiger partial charge in [0.25, 0.3) is 0 Å². The summed E-state index contributed by atoms with van der Waals surface area (Å²) in [5.74, 6) is 1.26. The summed E-state index contributed by atoms with van der Waals surface area (Å²) in [5, 5.41) is 3.46. The summed E-state index contributed by atoms with van der Waals surface area (Å²) in [6, 6.07) is 0. The third-order valence-corrected chi connectivity index (χ3v) is 3.16. The predicted octanol–water partition coefficient (Wildman–Crippen LogP) is 2.95. The second-order valence-electron chi connectivity index (χ2n) is 6.52. The van der Waals surface area contributed by atoms with E-state index in [0.717, 1.165) is 39.3 Å². The van der Waals surface area contributed by atoms with Crippen LogP contribution in [0.25, 0.3) is 0 Å². The molecule has 0 aromatic heterocycles. The lowest BCUT2D eigenvalue weighted by atomic mass is 9.79. The smallest absolute Gasteiger partial charge is 0.0587 e. The van der Waals surface area contributed by atoms with E-state index in [9.17, 15) is 0 Å². The van der Waals surface area contributed by atoms with E-state index in [0.29, 0.717) is 17.3 Å². The van der Waals surface area contributed by atoms with Crippen molar-refractivity contribution in [2.24, 2.45) is 17.3 Å². The molecule has 3 nitrogen and oxygen atoms in total. The summed E-state index contributed by atoms with van der Waals surface area (Å²) in [7, 11) is 1.74. The Balaban J connectivity index is 3.86. The Kier molecular flexibility index (Phi) is 9.70. The molecule has 1 N–H and O–H groups in total. The van der Waals surface area contributed by atoms with Gasteiger partial charge < -0.3 is 14.8 Å². The first-order chi connectivity index (χ1) is 8.38. The number of nitrogens with one attached hydrogen (secondary N) is 1. The number of hydrogen-bond acceptors (Lipinski definition) is 3. The van der Waals surface area contributed by atoms with Gasteiger partial charge in [-0.15, -0.1) is 0 Å². The molecular weight excluding hydrogens is 226 g/mol. The summed E-state index contributed by atoms with van der Waals surface area (Å²) in [5.41, 5.74) is 0.321. The topological polar surface area (TPSA) is 30.5 Å². The van der Waals surface area contributed by atoms with E-state index in [4.69, 9.17) is 9.47 Å². The highest BCUT2D eigenvalue weighted by Crippen LogP contribution is 2.28. The van der Waals surface area contributed by atoms with Gasteiger partial charge in [-0.05, 0) is 30.2 Å². The first-order valence-electron chi connectivity index (χ1n) is 7.15. The molecule has 18 heavy (non-hydrogen) atoms. The molecule has 0 fully saturated rings. The first kappa shape index (κ1) is 17.9. The number of hydrogen-bond donors (Lipinski definition) is 1. The van der Waals surface area contributed by atoms with Crippen molar-refractivity contribution in [3.63, 3.8) is 0 Å². The van der Waals surface area contributed by atoms with Crippen molar-refractivity contribution >= 4 is 0 Å². The van der Waals surface area contributed by atoms with Crippen LogP contribution < -0.4 is 5.32 Å². The number of ether oxygens (including phenoxy) is 2. The van der Waals surface area contributed by atoms with E-state index in [1.807, 2.05) is 0 Å². The Labute approximate surface area is 114 Å². The molecule has 1 unspecified atom stereocenters. The van der Waals surface area contributed by atoms with Crippen LogP contribution in [0.1, 0.15) is 41.0 Å². The standard InChI is InChI=1S/C15H33NO2/c1-13(2)12-18-9-7-14(15(3,4)5)11-16-8-10-17-6/h13-14,16H,7-12H2,1-6H3. The summed E-state index contributed by atoms with van der Waals surface area (Å²) < 4.78 is 10.7. The minimum Gasteiger partial charge on any atom is -0.383 e. The van der Waals surface area contributed by atoms with E-state index in [1.165, 1.54) is 0 Å². The Morgan fingerprint density at radius 1 is 1.11 bits per heavy atom. The molecule has 0 aliphatic rings. The molecule has 0 saturated heterocycles. The highest BCUT2D eigenvalue weighted by molar-refractivity contribution is 4.76. The van der Waals surface area contributed by atoms with Gasteiger partial charge in [-0.2, -0.15) is 0 Å². The third kappa shape index (κ3) is 9.86. The Hall–Kier alpha value is -0.120. The van der Waals surface area contributed by atoms with Crippen molar-refractivity contribution < 1.29 is 9.47 Å². The van der Waals surface area contributed by atoms with Crippen molar-refractivity contribution in [2.75, 3.05) is 40.0 Å². The zero-order chi connectivity index (χ0) is 14.0. The van der Waals surface area contributed by atoms with Crippen molar-refractivity contribution in [2.45, 2.75) is 41.0 Å². The number of methoxy groups -OCH3 is 1. The van der Waals surface area contributed by atoms with E-state index in [1.54, 1.807) is 7.11 Å². The fraction of sp³-hybridized carbons (Fsp3) is 1.00. The summed E-state index contributed by atoms with van der Waals surface area (Å²) in [6.45, 7) is 15.8. The van der Waals surface area contributed by atoms with Crippen LogP contribution in [0.15, 0.2) is 0 Å². The van der Waals surface area contributed by atoms with Gasteiger partial charge in [0.15, 0.2) is 0 Å². The fourth-order valence-corrected chi connectivity index (χ4v) is 1.84. The van der Waals surface area contributed by atoms with E-state index < -0.39 is 0 Å². The van der Waals surface area contributed by atoms with Crippen LogP contribution in [0.4, 0.5) is 0 Å². The maximum absolute atomic E-state index is 5.70. The van der Waals surface area contributed by atoms with Gasteiger partial charge in [0.1, 0.15) is 0 Å². The minimum absolute atomic E-state index is 0.321. The quantitative estimate of drug-likeness (QED) is 0.612. The highest BCUT2D eigenvalue weighted by atomic mass is 16.5. The third-order valence-electron chi connectivity index (χ3n) is 3.16. The van der Waals surface area contributed by atoms with Gasteiger partial charge in [-0.25, -0.2) is 0 Å². The molecule has 0 rings (SSSR count). The maximum atomic E-state index is 5.70. The zero-order valence-corrected chi connectivity index (χ0v) is 13.2. The maximum Gasteiger partial charge on any atom is 0.0587 e. The van der Waals surface area contributed by atoms with Crippen LogP contribution >= 0.6 is 0 Å². The van der Waals surface area contributed by atoms with Crippen LogP contribution in [-0.2, 0) is 9.47 Å². The molecule has 1 atom stereocenters. The van der Waals surface area contributed by atoms with Gasteiger partial charge in [0, 0.05) is 26.9 Å². The molecule has 0 aromatic carbocycles. The molecule has 0 aromatic rings. The molecule has 0 saturated carbocycles. The molecule has 0 bridgehead atoms. The monoisotopic (exact) mass is 259 g/mol. The van der Waals surface area contributed by atoms with Gasteiger partial charge in [-0.3, -0.25) is 0 Å². The Morgan fingerprint density at radius 3 is 2.28 bits per heavy atom. The van der Waals surface area contributed by atoms with Crippen molar-refractivity contribution in [3.8, 4) is 0 Å². The Morgan fingerprint density at radius 2 is 1.78 bits per heavy atom. The molecule has 0 aliphatic heterocycles. The first-order valence-corrected chi connectivity index (χ1v) is 7.15. The van der Waals surface area contributed by atoms with Gasteiger partial charge in [-0.1, -0.05) is 34.6 Å². The summed E-state index contributed by atoms with van der Waals surface area (Å²) in [6.07, 6.45) is 1.12. The van der Waals surface area contributed by atoms with E-state index in [-0.39, 0.29) is 0 Å². The lowest BCUT2D eigenvalue weighted by Gasteiger charge is -2.31. The largest absolute Gasteiger partial charge is 0.383 e. The molecule has 110 valence electrons. The SMILES string of the molecule is COCCNCC(CCOCC(C)C)C(C)(C)C. The van der Waals surface area contributed by atoms with Crippen LogP contribution in [0, 0.1) is 17.3 Å². The molecular formula is C15H33NO2. The minimum atomic E-state index is 0.321. The molecule has 0 aliphatic carbocycles. The van der Waals surface area contributed by atoms with Crippen molar-refractivity contribution in [1.29, 1.82) is 0 Å². The van der Waals surface area contributed by atoms with Crippen LogP contribution in [0.2, 0.25) is 0 Å². The lowest BCUT2D eigenvalue weighted by Crippen LogP contribution is -2.34. The normalized spacial score (nSPS) is 14.2. The number of rotatable bonds is 10. The highest BCUT2D eigenvalue weighted by Gasteiger charge is 2.23. The van der Waals surface area contributed by atoms with Crippen LogP contribution in [0.5, 0.6) is 0 Å². The predicted molar refractivity (Wildman–Crippen MR) is 78.0 cm³/mol. The van der Waals surface area contributed by atoms with E-state index >= 15 is 0 Å². The second kappa shape index (κ2) is 9.76. The summed E-state index contributed by atoms with van der Waals surface area (Å²) >= 11 is 0. The second-order valence-corrected chi connectivity index (χ2v) is 6.52. The summed E-state index contributed by atoms with van der Waals surface area (Å²) in [4.78, 5) is 0. The van der Waals surface area contributed by atoms with Gasteiger partial charge in [0.2, 0.25) is 0 Å². The van der Waals surface area contributed by atoms with Gasteiger partial charge in [0.05, 0.1) is 6.61 Å². The molecule has 0 spiro atoms. The molecule has 0 heterocycles. The average Bonchev–Trinajstić information content (AvgIpc) is 2.24. The average molecular weight is 259 g/mol. The van der Waals surface area contributed by atoms with Crippen molar-refractivity contribution in [3.05, 3.63) is 0 Å². The fourth-order valence-electron chi connectivity index (χ4n) is 1.84. The lowest BCUT2D eigenvalue weighted by molar-refractivity contribution is 0.0792. The van der Waals surface area contributed by atoms with E-state index in [2.05, 4.69) is 39.9 Å². The van der Waals surface area contributed by atoms with Crippen LogP contribution in [0.3, 0.4) is 0 Å². The van der Waals surface area contributed by atoms with Gasteiger partial charge >= 0.3 is 0 Å².